The van der Waals surface area contributed by atoms with Gasteiger partial charge in [0.05, 0.1) is 17.6 Å². The smallest absolute Gasteiger partial charge is 0.275 e. The van der Waals surface area contributed by atoms with Gasteiger partial charge in [-0.05, 0) is 18.2 Å². The number of fused-ring (bicyclic) bond motifs is 1. The number of aromatic nitrogens is 2. The van der Waals surface area contributed by atoms with Gasteiger partial charge in [0.1, 0.15) is 12.3 Å². The number of carbonyl (C=O) groups excluding carboxylic acids is 1. The first-order chi connectivity index (χ1) is 12.7. The molecule has 3 rings (SSSR count). The minimum absolute atomic E-state index is 0.0712. The van der Waals surface area contributed by atoms with Crippen LogP contribution in [0.25, 0.3) is 10.8 Å². The lowest BCUT2D eigenvalue weighted by Crippen LogP contribution is -2.31. The molecule has 0 aliphatic rings. The van der Waals surface area contributed by atoms with Gasteiger partial charge in [0, 0.05) is 5.39 Å². The molecular weight excluding hydrogens is 330 g/mol. The molecule has 0 fully saturated rings. The second kappa shape index (κ2) is 7.99. The standard InChI is InChI=1S/C20H17N3O3/c1-2-12-23-20(25)17-11-7-6-10-16(17)18(22-23)13-21-19(24)14-26-15-8-4-3-5-9-15/h1,3-11H,12-14H2,(H,21,24). The Balaban J connectivity index is 1.74. The zero-order chi connectivity index (χ0) is 18.4. The normalized spacial score (nSPS) is 10.3. The first-order valence-electron chi connectivity index (χ1n) is 8.06. The number of hydrogen-bond donors (Lipinski definition) is 1. The highest BCUT2D eigenvalue weighted by Crippen LogP contribution is 2.13. The number of carbonyl (C=O) groups is 1. The minimum Gasteiger partial charge on any atom is -0.484 e. The van der Waals surface area contributed by atoms with E-state index in [4.69, 9.17) is 11.2 Å². The van der Waals surface area contributed by atoms with Crippen molar-refractivity contribution in [3.05, 3.63) is 70.6 Å². The van der Waals surface area contributed by atoms with E-state index in [1.54, 1.807) is 30.3 Å². The maximum atomic E-state index is 12.4. The maximum absolute atomic E-state index is 12.4. The molecule has 0 aliphatic heterocycles. The molecule has 6 heteroatoms. The Labute approximate surface area is 150 Å². The average molecular weight is 347 g/mol. The summed E-state index contributed by atoms with van der Waals surface area (Å²) in [6, 6.07) is 16.2. The first kappa shape index (κ1) is 17.2. The fourth-order valence-corrected chi connectivity index (χ4v) is 2.53. The Morgan fingerprint density at radius 3 is 2.54 bits per heavy atom. The van der Waals surface area contributed by atoms with Crippen LogP contribution >= 0.6 is 0 Å². The molecule has 2 aromatic carbocycles. The third-order valence-electron chi connectivity index (χ3n) is 3.75. The van der Waals surface area contributed by atoms with Gasteiger partial charge < -0.3 is 10.1 Å². The number of terminal acetylenes is 1. The van der Waals surface area contributed by atoms with E-state index < -0.39 is 0 Å². The second-order valence-corrected chi connectivity index (χ2v) is 5.54. The van der Waals surface area contributed by atoms with E-state index in [9.17, 15) is 9.59 Å². The molecule has 130 valence electrons. The van der Waals surface area contributed by atoms with Crippen molar-refractivity contribution in [1.82, 2.24) is 15.1 Å². The topological polar surface area (TPSA) is 73.2 Å². The summed E-state index contributed by atoms with van der Waals surface area (Å²) in [6.45, 7) is 0.135. The molecule has 3 aromatic rings. The molecule has 1 amide bonds. The highest BCUT2D eigenvalue weighted by atomic mass is 16.5. The van der Waals surface area contributed by atoms with Crippen LogP contribution in [0.5, 0.6) is 5.75 Å². The SMILES string of the molecule is C#CCn1nc(CNC(=O)COc2ccccc2)c2ccccc2c1=O. The number of ether oxygens (including phenoxy) is 1. The number of para-hydroxylation sites is 1. The molecule has 1 heterocycles. The molecule has 0 atom stereocenters. The van der Waals surface area contributed by atoms with E-state index in [1.807, 2.05) is 24.3 Å². The van der Waals surface area contributed by atoms with Crippen LogP contribution in [0, 0.1) is 12.3 Å². The van der Waals surface area contributed by atoms with Gasteiger partial charge in [-0.15, -0.1) is 6.42 Å². The molecule has 0 unspecified atom stereocenters. The zero-order valence-electron chi connectivity index (χ0n) is 14.0. The van der Waals surface area contributed by atoms with E-state index >= 15 is 0 Å². The number of nitrogens with zero attached hydrogens (tertiary/aromatic N) is 2. The van der Waals surface area contributed by atoms with Gasteiger partial charge in [0.25, 0.3) is 11.5 Å². The van der Waals surface area contributed by atoms with Crippen LogP contribution in [0.1, 0.15) is 5.69 Å². The van der Waals surface area contributed by atoms with E-state index in [2.05, 4.69) is 16.3 Å². The molecule has 0 aliphatic carbocycles. The minimum atomic E-state index is -0.283. The number of rotatable bonds is 6. The number of benzene rings is 2. The Hall–Kier alpha value is -3.59. The van der Waals surface area contributed by atoms with Crippen molar-refractivity contribution in [3.63, 3.8) is 0 Å². The fraction of sp³-hybridized carbons (Fsp3) is 0.150. The summed E-state index contributed by atoms with van der Waals surface area (Å²) in [5, 5.41) is 8.25. The second-order valence-electron chi connectivity index (χ2n) is 5.54. The predicted octanol–water partition coefficient (Wildman–Crippen LogP) is 1.72. The number of hydrogen-bond acceptors (Lipinski definition) is 4. The maximum Gasteiger partial charge on any atom is 0.275 e. The molecule has 0 radical (unpaired) electrons. The molecule has 0 spiro atoms. The lowest BCUT2D eigenvalue weighted by atomic mass is 10.1. The summed E-state index contributed by atoms with van der Waals surface area (Å²) in [5.74, 6) is 2.75. The Morgan fingerprint density at radius 1 is 1.12 bits per heavy atom. The van der Waals surface area contributed by atoms with Crippen LogP contribution in [0.3, 0.4) is 0 Å². The summed E-state index contributed by atoms with van der Waals surface area (Å²) in [6.07, 6.45) is 5.30. The molecule has 0 saturated carbocycles. The third-order valence-corrected chi connectivity index (χ3v) is 3.75. The Kier molecular flexibility index (Phi) is 5.30. The van der Waals surface area contributed by atoms with Gasteiger partial charge in [-0.1, -0.05) is 42.3 Å². The summed E-state index contributed by atoms with van der Waals surface area (Å²) in [7, 11) is 0. The zero-order valence-corrected chi connectivity index (χ0v) is 14.0. The molecule has 6 nitrogen and oxygen atoms in total. The molecule has 1 N–H and O–H groups in total. The molecule has 0 bridgehead atoms. The fourth-order valence-electron chi connectivity index (χ4n) is 2.53. The molecule has 26 heavy (non-hydrogen) atoms. The summed E-state index contributed by atoms with van der Waals surface area (Å²) in [4.78, 5) is 24.4. The Bertz CT molecular complexity index is 1020. The van der Waals surface area contributed by atoms with E-state index in [0.29, 0.717) is 22.2 Å². The van der Waals surface area contributed by atoms with E-state index in [-0.39, 0.29) is 31.2 Å². The Morgan fingerprint density at radius 2 is 1.81 bits per heavy atom. The highest BCUT2D eigenvalue weighted by Gasteiger charge is 2.11. The van der Waals surface area contributed by atoms with Crippen molar-refractivity contribution < 1.29 is 9.53 Å². The van der Waals surface area contributed by atoms with Gasteiger partial charge in [0.2, 0.25) is 0 Å². The van der Waals surface area contributed by atoms with Crippen LogP contribution in [0.2, 0.25) is 0 Å². The molecule has 0 saturated heterocycles. The quantitative estimate of drug-likeness (QED) is 0.689. The lowest BCUT2D eigenvalue weighted by Gasteiger charge is -2.11. The van der Waals surface area contributed by atoms with Gasteiger partial charge in [-0.3, -0.25) is 9.59 Å². The summed E-state index contributed by atoms with van der Waals surface area (Å²) in [5.41, 5.74) is 0.324. The lowest BCUT2D eigenvalue weighted by molar-refractivity contribution is -0.123. The summed E-state index contributed by atoms with van der Waals surface area (Å²) >= 11 is 0. The van der Waals surface area contributed by atoms with Crippen LogP contribution in [0.4, 0.5) is 0 Å². The van der Waals surface area contributed by atoms with Crippen LogP contribution < -0.4 is 15.6 Å². The third kappa shape index (κ3) is 3.90. The van der Waals surface area contributed by atoms with Crippen molar-refractivity contribution in [3.8, 4) is 18.1 Å². The monoisotopic (exact) mass is 347 g/mol. The summed E-state index contributed by atoms with van der Waals surface area (Å²) < 4.78 is 6.64. The van der Waals surface area contributed by atoms with Crippen molar-refractivity contribution >= 4 is 16.7 Å². The van der Waals surface area contributed by atoms with Crippen LogP contribution in [-0.4, -0.2) is 22.3 Å². The van der Waals surface area contributed by atoms with Crippen molar-refractivity contribution in [2.24, 2.45) is 0 Å². The number of nitrogens with one attached hydrogen (secondary N) is 1. The van der Waals surface area contributed by atoms with Crippen molar-refractivity contribution in [2.75, 3.05) is 6.61 Å². The average Bonchev–Trinajstić information content (AvgIpc) is 2.68. The first-order valence-corrected chi connectivity index (χ1v) is 8.06. The van der Waals surface area contributed by atoms with Crippen molar-refractivity contribution in [1.29, 1.82) is 0 Å². The largest absolute Gasteiger partial charge is 0.484 e. The van der Waals surface area contributed by atoms with Gasteiger partial charge in [-0.2, -0.15) is 5.10 Å². The van der Waals surface area contributed by atoms with Gasteiger partial charge >= 0.3 is 0 Å². The molecule has 1 aromatic heterocycles. The van der Waals surface area contributed by atoms with Gasteiger partial charge in [0.15, 0.2) is 6.61 Å². The molecular formula is C20H17N3O3. The van der Waals surface area contributed by atoms with Crippen molar-refractivity contribution in [2.45, 2.75) is 13.1 Å². The van der Waals surface area contributed by atoms with E-state index in [1.165, 1.54) is 4.68 Å². The van der Waals surface area contributed by atoms with Crippen LogP contribution in [-0.2, 0) is 17.9 Å². The number of amides is 1. The van der Waals surface area contributed by atoms with Gasteiger partial charge in [-0.25, -0.2) is 4.68 Å². The van der Waals surface area contributed by atoms with Crippen LogP contribution in [0.15, 0.2) is 59.4 Å². The van der Waals surface area contributed by atoms with E-state index in [0.717, 1.165) is 0 Å². The predicted molar refractivity (Wildman–Crippen MR) is 98.6 cm³/mol. The highest BCUT2D eigenvalue weighted by molar-refractivity contribution is 5.84.